The molecule has 2 aromatic carbocycles. The lowest BCUT2D eigenvalue weighted by atomic mass is 9.96. The minimum atomic E-state index is -0.413. The van der Waals surface area contributed by atoms with Crippen molar-refractivity contribution in [1.29, 1.82) is 0 Å². The Kier molecular flexibility index (Phi) is 4.93. The highest BCUT2D eigenvalue weighted by atomic mass is 16.5. The van der Waals surface area contributed by atoms with E-state index >= 15 is 0 Å². The Balaban J connectivity index is 1.98. The molecular formula is C20H25N5O. The summed E-state index contributed by atoms with van der Waals surface area (Å²) in [5.74, 6) is 1.57. The molecule has 0 radical (unpaired) electrons. The molecule has 1 N–H and O–H groups in total. The first-order chi connectivity index (χ1) is 12.5. The summed E-state index contributed by atoms with van der Waals surface area (Å²) < 4.78 is 7.01. The molecule has 6 heteroatoms. The van der Waals surface area contributed by atoms with Crippen LogP contribution in [0.15, 0.2) is 42.5 Å². The molecule has 0 amide bonds. The number of aromatic nitrogens is 4. The number of nitrogens with zero attached hydrogens (tertiary/aromatic N) is 4. The largest absolute Gasteiger partial charge is 0.497 e. The second-order valence-corrected chi connectivity index (χ2v) is 6.74. The van der Waals surface area contributed by atoms with E-state index in [2.05, 4.69) is 66.7 Å². The van der Waals surface area contributed by atoms with E-state index < -0.39 is 5.54 Å². The number of ether oxygens (including phenoxy) is 1. The predicted octanol–water partition coefficient (Wildman–Crippen LogP) is 4.03. The summed E-state index contributed by atoms with van der Waals surface area (Å²) in [6, 6.07) is 14.1. The lowest BCUT2D eigenvalue weighted by molar-refractivity contribution is 0.414. The first kappa shape index (κ1) is 17.9. The number of anilines is 1. The Bertz CT molecular complexity index is 887. The van der Waals surface area contributed by atoms with Crippen LogP contribution in [0.3, 0.4) is 0 Å². The molecule has 136 valence electrons. The van der Waals surface area contributed by atoms with Crippen molar-refractivity contribution in [1.82, 2.24) is 20.2 Å². The molecule has 0 aliphatic carbocycles. The Hall–Kier alpha value is -2.89. The van der Waals surface area contributed by atoms with Crippen molar-refractivity contribution in [2.24, 2.45) is 0 Å². The number of benzene rings is 2. The quantitative estimate of drug-likeness (QED) is 0.726. The zero-order valence-electron chi connectivity index (χ0n) is 15.9. The first-order valence-electron chi connectivity index (χ1n) is 8.75. The fourth-order valence-electron chi connectivity index (χ4n) is 2.98. The van der Waals surface area contributed by atoms with Gasteiger partial charge >= 0.3 is 0 Å². The fourth-order valence-corrected chi connectivity index (χ4v) is 2.98. The van der Waals surface area contributed by atoms with Crippen LogP contribution in [0.2, 0.25) is 0 Å². The maximum Gasteiger partial charge on any atom is 0.181 e. The van der Waals surface area contributed by atoms with Crippen LogP contribution in [0.1, 0.15) is 37.2 Å². The molecule has 0 bridgehead atoms. The molecular weight excluding hydrogens is 326 g/mol. The van der Waals surface area contributed by atoms with Crippen molar-refractivity contribution < 1.29 is 4.74 Å². The summed E-state index contributed by atoms with van der Waals surface area (Å²) in [6.07, 6.45) is 0.830. The van der Waals surface area contributed by atoms with Crippen molar-refractivity contribution in [3.8, 4) is 11.4 Å². The summed E-state index contributed by atoms with van der Waals surface area (Å²) in [5, 5.41) is 16.1. The van der Waals surface area contributed by atoms with Gasteiger partial charge in [0.15, 0.2) is 5.82 Å². The maximum absolute atomic E-state index is 5.23. The van der Waals surface area contributed by atoms with Crippen LogP contribution < -0.4 is 10.1 Å². The Morgan fingerprint density at radius 1 is 1.12 bits per heavy atom. The van der Waals surface area contributed by atoms with Crippen LogP contribution in [-0.4, -0.2) is 27.3 Å². The van der Waals surface area contributed by atoms with E-state index in [-0.39, 0.29) is 0 Å². The first-order valence-corrected chi connectivity index (χ1v) is 8.75. The highest BCUT2D eigenvalue weighted by Gasteiger charge is 2.32. The Morgan fingerprint density at radius 2 is 1.85 bits per heavy atom. The van der Waals surface area contributed by atoms with Gasteiger partial charge in [-0.05, 0) is 73.5 Å². The molecule has 3 aromatic rings. The lowest BCUT2D eigenvalue weighted by Gasteiger charge is -2.30. The summed E-state index contributed by atoms with van der Waals surface area (Å²) in [7, 11) is 1.65. The molecule has 6 nitrogen and oxygen atoms in total. The van der Waals surface area contributed by atoms with Gasteiger partial charge in [-0.1, -0.05) is 24.6 Å². The molecule has 3 rings (SSSR count). The highest BCUT2D eigenvalue weighted by Crippen LogP contribution is 2.31. The predicted molar refractivity (Wildman–Crippen MR) is 103 cm³/mol. The topological polar surface area (TPSA) is 64.9 Å². The van der Waals surface area contributed by atoms with E-state index in [9.17, 15) is 0 Å². The normalized spacial score (nSPS) is 13.3. The molecule has 1 heterocycles. The van der Waals surface area contributed by atoms with Gasteiger partial charge in [0.1, 0.15) is 5.75 Å². The number of rotatable bonds is 6. The van der Waals surface area contributed by atoms with E-state index in [1.807, 2.05) is 24.3 Å². The van der Waals surface area contributed by atoms with Gasteiger partial charge in [-0.3, -0.25) is 0 Å². The smallest absolute Gasteiger partial charge is 0.181 e. The van der Waals surface area contributed by atoms with Crippen LogP contribution >= 0.6 is 0 Å². The van der Waals surface area contributed by atoms with Crippen LogP contribution in [-0.2, 0) is 5.54 Å². The molecule has 0 aliphatic heterocycles. The van der Waals surface area contributed by atoms with E-state index in [1.165, 1.54) is 11.1 Å². The number of aryl methyl sites for hydroxylation is 2. The maximum atomic E-state index is 5.23. The molecule has 0 saturated heterocycles. The molecule has 1 aromatic heterocycles. The third-order valence-electron chi connectivity index (χ3n) is 4.78. The van der Waals surface area contributed by atoms with E-state index in [4.69, 9.17) is 4.74 Å². The number of hydrogen-bond donors (Lipinski definition) is 1. The second-order valence-electron chi connectivity index (χ2n) is 6.74. The molecule has 0 unspecified atom stereocenters. The van der Waals surface area contributed by atoms with Crippen molar-refractivity contribution in [2.45, 2.75) is 39.7 Å². The minimum absolute atomic E-state index is 0.413. The van der Waals surface area contributed by atoms with Crippen molar-refractivity contribution in [3.05, 3.63) is 59.4 Å². The van der Waals surface area contributed by atoms with E-state index in [0.717, 1.165) is 29.4 Å². The number of methoxy groups -OCH3 is 1. The van der Waals surface area contributed by atoms with Gasteiger partial charge in [0.2, 0.25) is 0 Å². The summed E-state index contributed by atoms with van der Waals surface area (Å²) in [5.41, 5.74) is 4.02. The van der Waals surface area contributed by atoms with Crippen molar-refractivity contribution in [2.75, 3.05) is 12.4 Å². The van der Waals surface area contributed by atoms with Gasteiger partial charge in [-0.15, -0.1) is 5.10 Å². The molecule has 0 fully saturated rings. The summed E-state index contributed by atoms with van der Waals surface area (Å²) in [6.45, 7) is 8.46. The van der Waals surface area contributed by atoms with Gasteiger partial charge in [0, 0.05) is 5.69 Å². The lowest BCUT2D eigenvalue weighted by Crippen LogP contribution is -2.35. The van der Waals surface area contributed by atoms with Crippen LogP contribution in [0.4, 0.5) is 5.69 Å². The average molecular weight is 351 g/mol. The third kappa shape index (κ3) is 3.40. The molecule has 0 aliphatic rings. The summed E-state index contributed by atoms with van der Waals surface area (Å²) in [4.78, 5) is 0. The number of tetrazole rings is 1. The zero-order chi connectivity index (χ0) is 18.7. The van der Waals surface area contributed by atoms with E-state index in [0.29, 0.717) is 0 Å². The summed E-state index contributed by atoms with van der Waals surface area (Å²) >= 11 is 0. The van der Waals surface area contributed by atoms with Crippen molar-refractivity contribution >= 4 is 5.69 Å². The average Bonchev–Trinajstić information content (AvgIpc) is 3.14. The van der Waals surface area contributed by atoms with Crippen LogP contribution in [0, 0.1) is 13.8 Å². The van der Waals surface area contributed by atoms with Crippen molar-refractivity contribution in [3.63, 3.8) is 0 Å². The molecule has 1 atom stereocenters. The Labute approximate surface area is 154 Å². The van der Waals surface area contributed by atoms with E-state index in [1.54, 1.807) is 11.8 Å². The highest BCUT2D eigenvalue weighted by molar-refractivity contribution is 5.54. The van der Waals surface area contributed by atoms with Crippen LogP contribution in [0.5, 0.6) is 5.75 Å². The monoisotopic (exact) mass is 351 g/mol. The van der Waals surface area contributed by atoms with Crippen LogP contribution in [0.25, 0.3) is 5.69 Å². The van der Waals surface area contributed by atoms with Gasteiger partial charge < -0.3 is 10.1 Å². The van der Waals surface area contributed by atoms with Gasteiger partial charge in [-0.2, -0.15) is 4.68 Å². The number of nitrogens with one attached hydrogen (secondary N) is 1. The minimum Gasteiger partial charge on any atom is -0.497 e. The zero-order valence-corrected chi connectivity index (χ0v) is 15.9. The fraction of sp³-hybridized carbons (Fsp3) is 0.350. The van der Waals surface area contributed by atoms with Gasteiger partial charge in [0.25, 0.3) is 0 Å². The molecule has 0 saturated carbocycles. The SMILES string of the molecule is CC[C@](C)(Nc1ccc(C)cc1C)c1nnnn1-c1ccc(OC)cc1. The van der Waals surface area contributed by atoms with Gasteiger partial charge in [-0.25, -0.2) is 0 Å². The molecule has 26 heavy (non-hydrogen) atoms. The Morgan fingerprint density at radius 3 is 2.46 bits per heavy atom. The third-order valence-corrected chi connectivity index (χ3v) is 4.78. The standard InChI is InChI=1S/C20H25N5O/c1-6-20(4,21-18-12-7-14(2)13-15(18)3)19-22-23-24-25(19)16-8-10-17(26-5)11-9-16/h7-13,21H,6H2,1-5H3/t20-/m0/s1. The van der Waals surface area contributed by atoms with Gasteiger partial charge in [0.05, 0.1) is 18.3 Å². The molecule has 0 spiro atoms. The number of hydrogen-bond acceptors (Lipinski definition) is 5. The second kappa shape index (κ2) is 7.15.